The Hall–Kier alpha value is -3.97. The van der Waals surface area contributed by atoms with Gasteiger partial charge in [-0.2, -0.15) is 10.2 Å². The van der Waals surface area contributed by atoms with E-state index in [-0.39, 0.29) is 17.8 Å². The number of nitriles is 1. The first-order chi connectivity index (χ1) is 16.1. The maximum absolute atomic E-state index is 14.7. The lowest BCUT2D eigenvalue weighted by Gasteiger charge is -2.27. The van der Waals surface area contributed by atoms with Gasteiger partial charge in [-0.25, -0.2) is 9.37 Å². The summed E-state index contributed by atoms with van der Waals surface area (Å²) in [6, 6.07) is 9.91. The number of hydrogen-bond acceptors (Lipinski definition) is 7. The topological polar surface area (TPSA) is 106 Å². The highest BCUT2D eigenvalue weighted by Crippen LogP contribution is 2.30. The van der Waals surface area contributed by atoms with Gasteiger partial charge in [0.2, 0.25) is 5.95 Å². The molecule has 0 amide bonds. The van der Waals surface area contributed by atoms with Gasteiger partial charge in [0.15, 0.2) is 11.6 Å². The van der Waals surface area contributed by atoms with Gasteiger partial charge in [0.25, 0.3) is 5.88 Å². The summed E-state index contributed by atoms with van der Waals surface area (Å²) < 4.78 is 23.7. The summed E-state index contributed by atoms with van der Waals surface area (Å²) in [6.45, 7) is 3.09. The lowest BCUT2D eigenvalue weighted by Crippen LogP contribution is -2.36. The zero-order valence-corrected chi connectivity index (χ0v) is 18.3. The van der Waals surface area contributed by atoms with E-state index in [4.69, 9.17) is 4.74 Å². The number of hydrogen-bond donors (Lipinski definition) is 2. The Bertz CT molecular complexity index is 1350. The Morgan fingerprint density at radius 2 is 2.21 bits per heavy atom. The van der Waals surface area contributed by atoms with Crippen LogP contribution in [-0.4, -0.2) is 44.0 Å². The van der Waals surface area contributed by atoms with Gasteiger partial charge in [0, 0.05) is 17.6 Å². The van der Waals surface area contributed by atoms with Gasteiger partial charge in [-0.3, -0.25) is 9.25 Å². The van der Waals surface area contributed by atoms with Crippen molar-refractivity contribution in [2.24, 2.45) is 0 Å². The number of piperidine rings is 1. The molecule has 1 aromatic carbocycles. The minimum absolute atomic E-state index is 0.0797. The van der Waals surface area contributed by atoms with Crippen LogP contribution in [0.15, 0.2) is 42.9 Å². The van der Waals surface area contributed by atoms with Crippen molar-refractivity contribution in [3.05, 3.63) is 54.2 Å². The van der Waals surface area contributed by atoms with Crippen molar-refractivity contribution in [3.63, 3.8) is 0 Å². The summed E-state index contributed by atoms with van der Waals surface area (Å²) in [7, 11) is 1.55. The van der Waals surface area contributed by atoms with Crippen LogP contribution in [0.4, 0.5) is 16.0 Å². The lowest BCUT2D eigenvalue weighted by molar-refractivity contribution is 0.287. The molecule has 9 nitrogen and oxygen atoms in total. The maximum atomic E-state index is 14.7. The van der Waals surface area contributed by atoms with Crippen molar-refractivity contribution in [3.8, 4) is 17.8 Å². The number of aromatic nitrogens is 5. The highest BCUT2D eigenvalue weighted by atomic mass is 19.1. The third kappa shape index (κ3) is 3.87. The molecule has 1 saturated heterocycles. The van der Waals surface area contributed by atoms with E-state index in [1.165, 1.54) is 0 Å². The summed E-state index contributed by atoms with van der Waals surface area (Å²) in [5.41, 5.74) is 1.80. The predicted molar refractivity (Wildman–Crippen MR) is 121 cm³/mol. The molecular weight excluding hydrogens is 423 g/mol. The third-order valence-corrected chi connectivity index (χ3v) is 5.92. The monoisotopic (exact) mass is 446 g/mol. The lowest BCUT2D eigenvalue weighted by atomic mass is 10.0. The van der Waals surface area contributed by atoms with E-state index in [9.17, 15) is 9.65 Å². The highest BCUT2D eigenvalue weighted by molar-refractivity contribution is 5.87. The van der Waals surface area contributed by atoms with Gasteiger partial charge in [-0.1, -0.05) is 6.07 Å². The van der Waals surface area contributed by atoms with Crippen LogP contribution >= 0.6 is 0 Å². The Morgan fingerprint density at radius 3 is 3.00 bits per heavy atom. The van der Waals surface area contributed by atoms with Gasteiger partial charge in [-0.15, -0.1) is 5.10 Å². The average Bonchev–Trinajstić information content (AvgIpc) is 3.44. The number of anilines is 2. The van der Waals surface area contributed by atoms with E-state index >= 15 is 0 Å². The third-order valence-electron chi connectivity index (χ3n) is 5.92. The van der Waals surface area contributed by atoms with E-state index in [1.807, 2.05) is 16.9 Å². The fourth-order valence-corrected chi connectivity index (χ4v) is 4.30. The van der Waals surface area contributed by atoms with Crippen LogP contribution in [0.1, 0.15) is 31.4 Å². The molecule has 1 fully saturated rings. The molecule has 2 N–H and O–H groups in total. The van der Waals surface area contributed by atoms with Crippen LogP contribution in [-0.2, 0) is 0 Å². The number of nitrogens with one attached hydrogen (secondary N) is 2. The van der Waals surface area contributed by atoms with Gasteiger partial charge in [-0.05, 0) is 44.5 Å². The number of methoxy groups -OCH3 is 1. The molecule has 0 radical (unpaired) electrons. The first-order valence-electron chi connectivity index (χ1n) is 10.7. The molecule has 10 heteroatoms. The minimum Gasteiger partial charge on any atom is -0.478 e. The Labute approximate surface area is 189 Å². The minimum atomic E-state index is -0.577. The largest absolute Gasteiger partial charge is 0.478 e. The molecule has 1 aliphatic heterocycles. The van der Waals surface area contributed by atoms with Crippen molar-refractivity contribution in [2.45, 2.75) is 31.8 Å². The number of halogens is 1. The van der Waals surface area contributed by atoms with Gasteiger partial charge in [0.05, 0.1) is 42.7 Å². The molecular formula is C23H23FN8O. The molecule has 0 unspecified atom stereocenters. The molecule has 4 aromatic rings. The summed E-state index contributed by atoms with van der Waals surface area (Å²) >= 11 is 0. The fraction of sp³-hybridized carbons (Fsp3) is 0.304. The summed E-state index contributed by atoms with van der Waals surface area (Å²) in [5, 5.41) is 21.2. The smallest absolute Gasteiger partial charge is 0.256 e. The number of fused-ring (bicyclic) bond motifs is 1. The number of benzene rings is 1. The van der Waals surface area contributed by atoms with E-state index < -0.39 is 5.82 Å². The van der Waals surface area contributed by atoms with Crippen molar-refractivity contribution in [2.75, 3.05) is 19.0 Å². The average molecular weight is 446 g/mol. The second-order valence-corrected chi connectivity index (χ2v) is 8.09. The molecule has 168 valence electrons. The van der Waals surface area contributed by atoms with E-state index in [0.717, 1.165) is 31.0 Å². The maximum Gasteiger partial charge on any atom is 0.256 e. The standard InChI is InChI=1S/C23H23FN8O/c1-14-10-16(6-8-26-14)32-13-19(22(30-32)33-2)28-23-27-12-18(24)21(29-23)31-9-7-17-15(11-25)4-3-5-20(17)31/h3-5,7,9,12-14,16,26H,6,8,10H2,1-2H3,(H,27,28,29)/t14-,16-/m0/s1. The molecule has 0 spiro atoms. The molecule has 2 atom stereocenters. The van der Waals surface area contributed by atoms with Gasteiger partial charge < -0.3 is 15.4 Å². The van der Waals surface area contributed by atoms with Crippen LogP contribution in [0.25, 0.3) is 16.7 Å². The molecule has 3 aromatic heterocycles. The molecule has 0 bridgehead atoms. The Balaban J connectivity index is 1.48. The zero-order chi connectivity index (χ0) is 22.9. The normalized spacial score (nSPS) is 18.2. The SMILES string of the molecule is COc1nn([C@H]2CCN[C@@H](C)C2)cc1Nc1ncc(F)c(-n2ccc3c(C#N)cccc32)n1. The number of rotatable bonds is 5. The summed E-state index contributed by atoms with van der Waals surface area (Å²) in [6.07, 6.45) is 6.62. The Kier molecular flexibility index (Phi) is 5.40. The quantitative estimate of drug-likeness (QED) is 0.482. The van der Waals surface area contributed by atoms with Crippen LogP contribution in [0.3, 0.4) is 0 Å². The van der Waals surface area contributed by atoms with Gasteiger partial charge >= 0.3 is 0 Å². The Morgan fingerprint density at radius 1 is 1.33 bits per heavy atom. The predicted octanol–water partition coefficient (Wildman–Crippen LogP) is 3.69. The van der Waals surface area contributed by atoms with Crippen LogP contribution in [0.2, 0.25) is 0 Å². The first kappa shape index (κ1) is 20.9. The molecule has 33 heavy (non-hydrogen) atoms. The number of ether oxygens (including phenoxy) is 1. The molecule has 4 heterocycles. The highest BCUT2D eigenvalue weighted by Gasteiger charge is 2.23. The second kappa shape index (κ2) is 8.52. The van der Waals surface area contributed by atoms with Crippen molar-refractivity contribution < 1.29 is 9.13 Å². The van der Waals surface area contributed by atoms with Crippen molar-refractivity contribution >= 4 is 22.5 Å². The van der Waals surface area contributed by atoms with Crippen molar-refractivity contribution in [1.29, 1.82) is 5.26 Å². The van der Waals surface area contributed by atoms with Crippen molar-refractivity contribution in [1.82, 2.24) is 29.6 Å². The van der Waals surface area contributed by atoms with Gasteiger partial charge in [0.1, 0.15) is 5.69 Å². The summed E-state index contributed by atoms with van der Waals surface area (Å²) in [5.74, 6) is 0.129. The van der Waals surface area contributed by atoms with Crippen LogP contribution in [0, 0.1) is 17.1 Å². The molecule has 0 saturated carbocycles. The zero-order valence-electron chi connectivity index (χ0n) is 18.3. The van der Waals surface area contributed by atoms with E-state index in [1.54, 1.807) is 36.1 Å². The van der Waals surface area contributed by atoms with Crippen LogP contribution in [0.5, 0.6) is 5.88 Å². The van der Waals surface area contributed by atoms with Crippen LogP contribution < -0.4 is 15.4 Å². The number of nitrogens with zero attached hydrogens (tertiary/aromatic N) is 6. The first-order valence-corrected chi connectivity index (χ1v) is 10.7. The summed E-state index contributed by atoms with van der Waals surface area (Å²) in [4.78, 5) is 8.51. The second-order valence-electron chi connectivity index (χ2n) is 8.09. The molecule has 1 aliphatic rings. The van der Waals surface area contributed by atoms with E-state index in [0.29, 0.717) is 28.7 Å². The fourth-order valence-electron chi connectivity index (χ4n) is 4.30. The molecule has 0 aliphatic carbocycles. The van der Waals surface area contributed by atoms with E-state index in [2.05, 4.69) is 38.7 Å². The molecule has 5 rings (SSSR count).